The van der Waals surface area contributed by atoms with Gasteiger partial charge in [0.1, 0.15) is 16.5 Å². The Morgan fingerprint density at radius 1 is 1.37 bits per heavy atom. The zero-order chi connectivity index (χ0) is 14.0. The number of anilines is 2. The maximum atomic E-state index is 11.2. The van der Waals surface area contributed by atoms with Crippen LogP contribution in [0.5, 0.6) is 0 Å². The number of benzene rings is 1. The molecule has 2 rings (SSSR count). The summed E-state index contributed by atoms with van der Waals surface area (Å²) in [7, 11) is 0. The Bertz CT molecular complexity index is 647. The second kappa shape index (κ2) is 5.75. The Hall–Kier alpha value is -1.34. The predicted octanol–water partition coefficient (Wildman–Crippen LogP) is 4.09. The molecule has 0 saturated carbocycles. The molecule has 0 fully saturated rings. The number of carbonyl (C=O) groups is 1. The van der Waals surface area contributed by atoms with Crippen molar-refractivity contribution >= 4 is 51.7 Å². The largest absolute Gasteiger partial charge is 0.478 e. The number of carboxylic acid groups (broad SMARTS) is 1. The number of nitrogens with one attached hydrogen (secondary N) is 1. The summed E-state index contributed by atoms with van der Waals surface area (Å²) in [5.74, 6) is -0.806. The van der Waals surface area contributed by atoms with Gasteiger partial charge in [0.2, 0.25) is 0 Å². The molecule has 19 heavy (non-hydrogen) atoms. The Labute approximate surface area is 129 Å². The van der Waals surface area contributed by atoms with E-state index in [-0.39, 0.29) is 16.5 Å². The second-order valence-electron chi connectivity index (χ2n) is 3.92. The molecule has 2 N–H and O–H groups in total. The van der Waals surface area contributed by atoms with Crippen molar-refractivity contribution in [3.8, 4) is 0 Å². The normalized spacial score (nSPS) is 10.3. The summed E-state index contributed by atoms with van der Waals surface area (Å²) in [5, 5.41) is 12.4. The first-order valence-corrected chi connectivity index (χ1v) is 6.86. The van der Waals surface area contributed by atoms with Crippen molar-refractivity contribution in [3.05, 3.63) is 50.2 Å². The standard InChI is InChI=1S/C13H10ClIN2O2/c1-7-2-3-8(15)6-10(7)16-12-9(13(18)19)4-5-11(14)17-12/h2-6H,1H3,(H,16,17)(H,18,19). The third kappa shape index (κ3) is 3.36. The summed E-state index contributed by atoms with van der Waals surface area (Å²) in [6, 6.07) is 8.74. The van der Waals surface area contributed by atoms with Crippen LogP contribution in [-0.4, -0.2) is 16.1 Å². The third-order valence-corrected chi connectivity index (χ3v) is 3.43. The average molecular weight is 389 g/mol. The Morgan fingerprint density at radius 2 is 2.11 bits per heavy atom. The molecule has 1 aromatic heterocycles. The van der Waals surface area contributed by atoms with Gasteiger partial charge in [0.15, 0.2) is 0 Å². The van der Waals surface area contributed by atoms with E-state index in [1.54, 1.807) is 0 Å². The molecule has 0 bridgehead atoms. The molecular weight excluding hydrogens is 379 g/mol. The van der Waals surface area contributed by atoms with E-state index in [9.17, 15) is 4.79 Å². The van der Waals surface area contributed by atoms with Gasteiger partial charge < -0.3 is 10.4 Å². The van der Waals surface area contributed by atoms with Gasteiger partial charge in [0.25, 0.3) is 0 Å². The molecule has 0 atom stereocenters. The molecule has 0 aliphatic carbocycles. The van der Waals surface area contributed by atoms with Crippen LogP contribution in [0.2, 0.25) is 5.15 Å². The molecule has 6 heteroatoms. The van der Waals surface area contributed by atoms with E-state index in [4.69, 9.17) is 16.7 Å². The SMILES string of the molecule is Cc1ccc(I)cc1Nc1nc(Cl)ccc1C(=O)O. The van der Waals surface area contributed by atoms with E-state index in [2.05, 4.69) is 32.9 Å². The fourth-order valence-electron chi connectivity index (χ4n) is 1.56. The Morgan fingerprint density at radius 3 is 2.79 bits per heavy atom. The zero-order valence-corrected chi connectivity index (χ0v) is 12.9. The fraction of sp³-hybridized carbons (Fsp3) is 0.0769. The molecule has 0 amide bonds. The Kier molecular flexibility index (Phi) is 4.26. The van der Waals surface area contributed by atoms with E-state index < -0.39 is 5.97 Å². The lowest BCUT2D eigenvalue weighted by molar-refractivity contribution is 0.0697. The first kappa shape index (κ1) is 14.1. The topological polar surface area (TPSA) is 62.2 Å². The minimum absolute atomic E-state index is 0.0858. The van der Waals surface area contributed by atoms with Gasteiger partial charge in [0.05, 0.1) is 0 Å². The molecule has 98 valence electrons. The highest BCUT2D eigenvalue weighted by molar-refractivity contribution is 14.1. The molecule has 0 saturated heterocycles. The lowest BCUT2D eigenvalue weighted by Crippen LogP contribution is -2.05. The first-order chi connectivity index (χ1) is 8.97. The van der Waals surface area contributed by atoms with Crippen LogP contribution in [0.4, 0.5) is 11.5 Å². The van der Waals surface area contributed by atoms with Crippen LogP contribution in [0.3, 0.4) is 0 Å². The van der Waals surface area contributed by atoms with E-state index in [1.807, 2.05) is 25.1 Å². The summed E-state index contributed by atoms with van der Waals surface area (Å²) >= 11 is 8.00. The molecule has 0 radical (unpaired) electrons. The van der Waals surface area contributed by atoms with Crippen LogP contribution in [-0.2, 0) is 0 Å². The van der Waals surface area contributed by atoms with Crippen LogP contribution in [0.15, 0.2) is 30.3 Å². The molecule has 0 unspecified atom stereocenters. The Balaban J connectivity index is 2.45. The van der Waals surface area contributed by atoms with Gasteiger partial charge in [-0.15, -0.1) is 0 Å². The number of rotatable bonds is 3. The van der Waals surface area contributed by atoms with Crippen molar-refractivity contribution in [1.29, 1.82) is 0 Å². The molecule has 0 spiro atoms. The number of pyridine rings is 1. The minimum Gasteiger partial charge on any atom is -0.478 e. The number of aromatic nitrogens is 1. The van der Waals surface area contributed by atoms with Gasteiger partial charge in [-0.3, -0.25) is 0 Å². The van der Waals surface area contributed by atoms with Gasteiger partial charge in [-0.05, 0) is 59.3 Å². The fourth-order valence-corrected chi connectivity index (χ4v) is 2.20. The first-order valence-electron chi connectivity index (χ1n) is 5.40. The minimum atomic E-state index is -1.05. The van der Waals surface area contributed by atoms with E-state index >= 15 is 0 Å². The van der Waals surface area contributed by atoms with Crippen molar-refractivity contribution in [3.63, 3.8) is 0 Å². The van der Waals surface area contributed by atoms with Crippen LogP contribution >= 0.6 is 34.2 Å². The number of carboxylic acids is 1. The van der Waals surface area contributed by atoms with Gasteiger partial charge >= 0.3 is 5.97 Å². The molecule has 0 aliphatic heterocycles. The van der Waals surface area contributed by atoms with Crippen LogP contribution in [0.1, 0.15) is 15.9 Å². The van der Waals surface area contributed by atoms with E-state index in [0.29, 0.717) is 0 Å². The number of hydrogen-bond donors (Lipinski definition) is 2. The van der Waals surface area contributed by atoms with Gasteiger partial charge in [-0.25, -0.2) is 9.78 Å². The van der Waals surface area contributed by atoms with Crippen molar-refractivity contribution in [2.45, 2.75) is 6.92 Å². The predicted molar refractivity (Wildman–Crippen MR) is 83.4 cm³/mol. The van der Waals surface area contributed by atoms with Crippen LogP contribution < -0.4 is 5.32 Å². The lowest BCUT2D eigenvalue weighted by Gasteiger charge is -2.11. The van der Waals surface area contributed by atoms with Gasteiger partial charge in [0, 0.05) is 9.26 Å². The quantitative estimate of drug-likeness (QED) is 0.614. The van der Waals surface area contributed by atoms with Crippen LogP contribution in [0.25, 0.3) is 0 Å². The number of aromatic carboxylic acids is 1. The molecule has 0 aliphatic rings. The van der Waals surface area contributed by atoms with E-state index in [0.717, 1.165) is 14.8 Å². The number of nitrogens with zero attached hydrogens (tertiary/aromatic N) is 1. The van der Waals surface area contributed by atoms with Crippen molar-refractivity contribution in [1.82, 2.24) is 4.98 Å². The summed E-state index contributed by atoms with van der Waals surface area (Å²) in [4.78, 5) is 15.2. The molecular formula is C13H10ClIN2O2. The van der Waals surface area contributed by atoms with Crippen molar-refractivity contribution < 1.29 is 9.90 Å². The second-order valence-corrected chi connectivity index (χ2v) is 5.55. The van der Waals surface area contributed by atoms with Crippen LogP contribution in [0, 0.1) is 10.5 Å². The molecule has 4 nitrogen and oxygen atoms in total. The monoisotopic (exact) mass is 388 g/mol. The highest BCUT2D eigenvalue weighted by Crippen LogP contribution is 2.25. The van der Waals surface area contributed by atoms with Gasteiger partial charge in [-0.1, -0.05) is 17.7 Å². The zero-order valence-electron chi connectivity index (χ0n) is 9.95. The smallest absolute Gasteiger partial charge is 0.339 e. The summed E-state index contributed by atoms with van der Waals surface area (Å²) in [5.41, 5.74) is 1.89. The molecule has 2 aromatic rings. The summed E-state index contributed by atoms with van der Waals surface area (Å²) in [6.07, 6.45) is 0. The summed E-state index contributed by atoms with van der Waals surface area (Å²) < 4.78 is 1.05. The maximum Gasteiger partial charge on any atom is 0.339 e. The highest BCUT2D eigenvalue weighted by Gasteiger charge is 2.13. The van der Waals surface area contributed by atoms with E-state index in [1.165, 1.54) is 12.1 Å². The average Bonchev–Trinajstić information content (AvgIpc) is 2.33. The highest BCUT2D eigenvalue weighted by atomic mass is 127. The number of aryl methyl sites for hydroxylation is 1. The van der Waals surface area contributed by atoms with Crippen molar-refractivity contribution in [2.75, 3.05) is 5.32 Å². The van der Waals surface area contributed by atoms with Crippen molar-refractivity contribution in [2.24, 2.45) is 0 Å². The number of hydrogen-bond acceptors (Lipinski definition) is 3. The number of halogens is 2. The van der Waals surface area contributed by atoms with Gasteiger partial charge in [-0.2, -0.15) is 0 Å². The third-order valence-electron chi connectivity index (χ3n) is 2.54. The lowest BCUT2D eigenvalue weighted by atomic mass is 10.2. The molecule has 1 heterocycles. The maximum absolute atomic E-state index is 11.2. The molecule has 1 aromatic carbocycles. The summed E-state index contributed by atoms with van der Waals surface area (Å²) in [6.45, 7) is 1.93.